The van der Waals surface area contributed by atoms with Crippen molar-refractivity contribution >= 4 is 5.91 Å². The SMILES string of the molecule is CCCCCCCCCC/C=C\CCCCCCCCCCCCCCCCCCCCCCCCCC(=O)NC(COC1OC(CO)C(OC2OC(CO)C(O)C(O)C2O)C(O)C1O)C(O)CCCCCCCCCCC. The van der Waals surface area contributed by atoms with Gasteiger partial charge in [0, 0.05) is 6.42 Å². The van der Waals surface area contributed by atoms with Crippen LogP contribution in [-0.2, 0) is 23.7 Å². The molecule has 2 fully saturated rings. The minimum absolute atomic E-state index is 0.203. The van der Waals surface area contributed by atoms with Crippen LogP contribution in [-0.4, -0.2) is 140 Å². The van der Waals surface area contributed by atoms with E-state index in [1.54, 1.807) is 0 Å². The van der Waals surface area contributed by atoms with Crippen LogP contribution in [0, 0.1) is 0 Å². The number of allylic oxidation sites excluding steroid dienone is 2. The first kappa shape index (κ1) is 72.8. The minimum Gasteiger partial charge on any atom is -0.394 e. The fraction of sp³-hybridized carbons (Fsp3) is 0.953. The molecule has 2 rings (SSSR count). The lowest BCUT2D eigenvalue weighted by molar-refractivity contribution is -0.359. The fourth-order valence-electron chi connectivity index (χ4n) is 11.2. The van der Waals surface area contributed by atoms with Crippen LogP contribution in [0.2, 0.25) is 0 Å². The van der Waals surface area contributed by atoms with Crippen molar-refractivity contribution in [3.05, 3.63) is 12.2 Å². The van der Waals surface area contributed by atoms with Gasteiger partial charge in [-0.3, -0.25) is 4.79 Å². The highest BCUT2D eigenvalue weighted by atomic mass is 16.7. The Morgan fingerprint density at radius 2 is 0.808 bits per heavy atom. The predicted molar refractivity (Wildman–Crippen MR) is 314 cm³/mol. The van der Waals surface area contributed by atoms with Gasteiger partial charge in [0.25, 0.3) is 0 Å². The predicted octanol–water partition coefficient (Wildman–Crippen LogP) is 12.2. The third-order valence-electron chi connectivity index (χ3n) is 16.5. The molecular formula is C64H123NO13. The second-order valence-corrected chi connectivity index (χ2v) is 23.6. The molecular weight excluding hydrogens is 991 g/mol. The summed E-state index contributed by atoms with van der Waals surface area (Å²) < 4.78 is 22.8. The Morgan fingerprint density at radius 1 is 0.449 bits per heavy atom. The molecule has 12 atom stereocenters. The average molecular weight is 1110 g/mol. The highest BCUT2D eigenvalue weighted by molar-refractivity contribution is 5.76. The van der Waals surface area contributed by atoms with Gasteiger partial charge in [-0.15, -0.1) is 0 Å². The smallest absolute Gasteiger partial charge is 0.220 e. The number of carbonyl (C=O) groups is 1. The molecule has 14 nitrogen and oxygen atoms in total. The van der Waals surface area contributed by atoms with Crippen molar-refractivity contribution in [1.82, 2.24) is 5.32 Å². The zero-order chi connectivity index (χ0) is 56.7. The number of aliphatic hydroxyl groups is 8. The molecule has 1 amide bonds. The van der Waals surface area contributed by atoms with Crippen molar-refractivity contribution in [3.63, 3.8) is 0 Å². The van der Waals surface area contributed by atoms with Crippen LogP contribution in [0.1, 0.15) is 296 Å². The molecule has 0 saturated carbocycles. The summed E-state index contributed by atoms with van der Waals surface area (Å²) in [4.78, 5) is 13.2. The van der Waals surface area contributed by atoms with E-state index < -0.39 is 86.8 Å². The summed E-state index contributed by atoms with van der Waals surface area (Å²) in [5.74, 6) is -0.203. The summed E-state index contributed by atoms with van der Waals surface area (Å²) in [6.45, 7) is 2.86. The van der Waals surface area contributed by atoms with Crippen molar-refractivity contribution in [3.8, 4) is 0 Å². The first-order valence-electron chi connectivity index (χ1n) is 32.9. The van der Waals surface area contributed by atoms with E-state index in [0.29, 0.717) is 12.8 Å². The average Bonchev–Trinajstić information content (AvgIpc) is 3.44. The highest BCUT2D eigenvalue weighted by Gasteiger charge is 2.51. The molecule has 78 heavy (non-hydrogen) atoms. The lowest BCUT2D eigenvalue weighted by atomic mass is 9.97. The van der Waals surface area contributed by atoms with Crippen molar-refractivity contribution in [2.45, 2.75) is 370 Å². The number of nitrogens with one attached hydrogen (secondary N) is 1. The normalized spacial score (nSPS) is 24.5. The quantitative estimate of drug-likeness (QED) is 0.0204. The highest BCUT2D eigenvalue weighted by Crippen LogP contribution is 2.30. The van der Waals surface area contributed by atoms with E-state index >= 15 is 0 Å². The number of amides is 1. The molecule has 2 aliphatic rings. The number of aliphatic hydroxyl groups excluding tert-OH is 8. The zero-order valence-corrected chi connectivity index (χ0v) is 49.9. The van der Waals surface area contributed by atoms with E-state index in [2.05, 4.69) is 31.3 Å². The zero-order valence-electron chi connectivity index (χ0n) is 49.9. The lowest BCUT2D eigenvalue weighted by Gasteiger charge is -2.46. The van der Waals surface area contributed by atoms with Gasteiger partial charge in [-0.25, -0.2) is 0 Å². The molecule has 2 aliphatic heterocycles. The van der Waals surface area contributed by atoms with Gasteiger partial charge in [0.1, 0.15) is 48.8 Å². The van der Waals surface area contributed by atoms with E-state index in [4.69, 9.17) is 18.9 Å². The van der Waals surface area contributed by atoms with Crippen LogP contribution in [0.5, 0.6) is 0 Å². The van der Waals surface area contributed by atoms with Gasteiger partial charge in [-0.2, -0.15) is 0 Å². The number of ether oxygens (including phenoxy) is 4. The van der Waals surface area contributed by atoms with Crippen LogP contribution < -0.4 is 5.32 Å². The van der Waals surface area contributed by atoms with Crippen LogP contribution >= 0.6 is 0 Å². The molecule has 9 N–H and O–H groups in total. The Labute approximate surface area is 476 Å². The molecule has 2 heterocycles. The number of hydrogen-bond donors (Lipinski definition) is 9. The molecule has 12 unspecified atom stereocenters. The maximum Gasteiger partial charge on any atom is 0.220 e. The van der Waals surface area contributed by atoms with Gasteiger partial charge in [0.2, 0.25) is 5.91 Å². The largest absolute Gasteiger partial charge is 0.394 e. The first-order valence-corrected chi connectivity index (χ1v) is 32.9. The van der Waals surface area contributed by atoms with Crippen LogP contribution in [0.4, 0.5) is 0 Å². The van der Waals surface area contributed by atoms with Gasteiger partial charge in [0.15, 0.2) is 12.6 Å². The summed E-state index contributed by atoms with van der Waals surface area (Å²) >= 11 is 0. The monoisotopic (exact) mass is 1110 g/mol. The molecule has 0 spiro atoms. The van der Waals surface area contributed by atoms with Crippen molar-refractivity contribution in [2.75, 3.05) is 19.8 Å². The second-order valence-electron chi connectivity index (χ2n) is 23.6. The molecule has 0 aromatic rings. The van der Waals surface area contributed by atoms with Crippen molar-refractivity contribution in [1.29, 1.82) is 0 Å². The van der Waals surface area contributed by atoms with Crippen LogP contribution in [0.15, 0.2) is 12.2 Å². The summed E-state index contributed by atoms with van der Waals surface area (Å²) in [5.41, 5.74) is 0. The minimum atomic E-state index is -1.78. The van der Waals surface area contributed by atoms with E-state index in [9.17, 15) is 45.6 Å². The van der Waals surface area contributed by atoms with Gasteiger partial charge in [0.05, 0.1) is 32.0 Å². The Morgan fingerprint density at radius 3 is 1.22 bits per heavy atom. The fourth-order valence-corrected chi connectivity index (χ4v) is 11.2. The van der Waals surface area contributed by atoms with Crippen molar-refractivity contribution < 1.29 is 64.6 Å². The molecule has 0 bridgehead atoms. The van der Waals surface area contributed by atoms with Crippen LogP contribution in [0.25, 0.3) is 0 Å². The van der Waals surface area contributed by atoms with E-state index in [-0.39, 0.29) is 12.5 Å². The first-order chi connectivity index (χ1) is 38.1. The van der Waals surface area contributed by atoms with Gasteiger partial charge in [-0.05, 0) is 38.5 Å². The number of hydrogen-bond acceptors (Lipinski definition) is 13. The maximum atomic E-state index is 13.2. The summed E-state index contributed by atoms with van der Waals surface area (Å²) in [6.07, 6.45) is 42.8. The van der Waals surface area contributed by atoms with E-state index in [1.807, 2.05) is 0 Å². The Hall–Kier alpha value is -1.27. The molecule has 0 aromatic carbocycles. The number of rotatable bonds is 54. The molecule has 0 aromatic heterocycles. The standard InChI is InChI=1S/C64H123NO13/c1-3-5-7-9-11-13-14-15-16-17-18-19-20-21-22-23-24-25-26-27-28-29-30-31-32-33-34-35-36-37-38-40-42-44-46-48-56(69)65-52(53(68)47-45-43-41-39-12-10-8-6-4-2)51-75-63-61(74)59(72)62(55(50-67)77-63)78-64-60(73)58(71)57(70)54(49-66)76-64/h17-18,52-55,57-64,66-68,70-74H,3-16,19-51H2,1-2H3,(H,65,69)/b18-17-. The number of unbranched alkanes of at least 4 members (excludes halogenated alkanes) is 39. The molecule has 0 aliphatic carbocycles. The summed E-state index contributed by atoms with van der Waals surface area (Å²) in [7, 11) is 0. The third-order valence-corrected chi connectivity index (χ3v) is 16.5. The Bertz CT molecular complexity index is 1360. The van der Waals surface area contributed by atoms with Gasteiger partial charge >= 0.3 is 0 Å². The number of carbonyl (C=O) groups excluding carboxylic acids is 1. The van der Waals surface area contributed by atoms with Gasteiger partial charge in [-0.1, -0.05) is 264 Å². The van der Waals surface area contributed by atoms with Crippen LogP contribution in [0.3, 0.4) is 0 Å². The van der Waals surface area contributed by atoms with Crippen molar-refractivity contribution in [2.24, 2.45) is 0 Å². The molecule has 462 valence electrons. The Balaban J connectivity index is 1.54. The molecule has 0 radical (unpaired) electrons. The topological polar surface area (TPSA) is 228 Å². The molecule has 14 heteroatoms. The maximum absolute atomic E-state index is 13.2. The summed E-state index contributed by atoms with van der Waals surface area (Å²) in [6, 6.07) is -0.822. The van der Waals surface area contributed by atoms with E-state index in [1.165, 1.54) is 218 Å². The lowest BCUT2D eigenvalue weighted by Crippen LogP contribution is -2.65. The van der Waals surface area contributed by atoms with Gasteiger partial charge < -0.3 is 65.1 Å². The third kappa shape index (κ3) is 35.0. The second kappa shape index (κ2) is 50.3. The van der Waals surface area contributed by atoms with E-state index in [0.717, 1.165) is 51.4 Å². The Kier molecular flexibility index (Phi) is 46.9. The molecule has 2 saturated heterocycles. The summed E-state index contributed by atoms with van der Waals surface area (Å²) in [5, 5.41) is 87.0.